The maximum atomic E-state index is 10.8. The summed E-state index contributed by atoms with van der Waals surface area (Å²) in [5.74, 6) is -0.811. The minimum Gasteiger partial charge on any atom is -0.478 e. The normalized spacial score (nSPS) is 10.4. The van der Waals surface area contributed by atoms with Crippen molar-refractivity contribution in [2.75, 3.05) is 7.11 Å². The second-order valence-corrected chi connectivity index (χ2v) is 2.68. The molecule has 2 aromatic rings. The van der Waals surface area contributed by atoms with E-state index in [1.54, 1.807) is 12.1 Å². The predicted molar refractivity (Wildman–Crippen MR) is 47.5 cm³/mol. The Labute approximate surface area is 78.9 Å². The van der Waals surface area contributed by atoms with Crippen molar-refractivity contribution in [3.8, 4) is 5.95 Å². The molecule has 5 nitrogen and oxygen atoms in total. The monoisotopic (exact) mass is 193 g/mol. The van der Waals surface area contributed by atoms with Gasteiger partial charge in [0.25, 0.3) is 0 Å². The number of aromatic carboxylic acids is 1. The van der Waals surface area contributed by atoms with E-state index < -0.39 is 5.97 Å². The van der Waals surface area contributed by atoms with Gasteiger partial charge in [0.05, 0.1) is 18.1 Å². The lowest BCUT2D eigenvalue weighted by atomic mass is 10.1. The van der Waals surface area contributed by atoms with Gasteiger partial charge in [0, 0.05) is 0 Å². The van der Waals surface area contributed by atoms with Gasteiger partial charge in [-0.25, -0.2) is 4.79 Å². The van der Waals surface area contributed by atoms with Crippen molar-refractivity contribution in [1.29, 1.82) is 0 Å². The summed E-state index contributed by atoms with van der Waals surface area (Å²) in [6, 6.07) is 4.77. The summed E-state index contributed by atoms with van der Waals surface area (Å²) in [5.41, 5.74) is 0.409. The summed E-state index contributed by atoms with van der Waals surface area (Å²) in [5, 5.41) is 13.0. The van der Waals surface area contributed by atoms with Gasteiger partial charge < -0.3 is 14.4 Å². The third-order valence-corrected chi connectivity index (χ3v) is 1.89. The molecule has 0 aliphatic heterocycles. The lowest BCUT2D eigenvalue weighted by molar-refractivity contribution is 0.0698. The van der Waals surface area contributed by atoms with E-state index in [4.69, 9.17) is 14.4 Å². The van der Waals surface area contributed by atoms with Crippen LogP contribution in [0.25, 0.3) is 10.9 Å². The summed E-state index contributed by atoms with van der Waals surface area (Å²) >= 11 is 0. The predicted octanol–water partition coefficient (Wildman–Crippen LogP) is 1.53. The van der Waals surface area contributed by atoms with Gasteiger partial charge in [0.2, 0.25) is 0 Å². The molecule has 1 heterocycles. The molecule has 2 rings (SSSR count). The Morgan fingerprint density at radius 3 is 3.00 bits per heavy atom. The van der Waals surface area contributed by atoms with Gasteiger partial charge in [-0.05, 0) is 12.1 Å². The smallest absolute Gasteiger partial charge is 0.338 e. The third kappa shape index (κ3) is 1.10. The highest BCUT2D eigenvalue weighted by Gasteiger charge is 2.15. The van der Waals surface area contributed by atoms with Crippen LogP contribution in [-0.2, 0) is 0 Å². The van der Waals surface area contributed by atoms with E-state index in [2.05, 4.69) is 5.16 Å². The van der Waals surface area contributed by atoms with Gasteiger partial charge in [0.1, 0.15) is 5.52 Å². The Bertz CT molecular complexity index is 489. The fraction of sp³-hybridized carbons (Fsp3) is 0.111. The minimum absolute atomic E-state index is 0.106. The second-order valence-electron chi connectivity index (χ2n) is 2.68. The van der Waals surface area contributed by atoms with Gasteiger partial charge in [-0.1, -0.05) is 11.2 Å². The molecule has 0 atom stereocenters. The second kappa shape index (κ2) is 3.02. The van der Waals surface area contributed by atoms with E-state index >= 15 is 0 Å². The topological polar surface area (TPSA) is 72.6 Å². The number of carbonyl (C=O) groups is 1. The maximum Gasteiger partial charge on any atom is 0.338 e. The molecule has 0 unspecified atom stereocenters. The van der Waals surface area contributed by atoms with Crippen molar-refractivity contribution in [3.63, 3.8) is 0 Å². The Balaban J connectivity index is 2.76. The molecule has 0 aliphatic carbocycles. The first-order chi connectivity index (χ1) is 6.74. The number of benzene rings is 1. The number of methoxy groups -OCH3 is 1. The van der Waals surface area contributed by atoms with E-state index in [1.165, 1.54) is 13.2 Å². The van der Waals surface area contributed by atoms with Crippen LogP contribution in [0.4, 0.5) is 0 Å². The molecule has 72 valence electrons. The Kier molecular flexibility index (Phi) is 1.85. The molecule has 1 aromatic carbocycles. The molecular formula is C9H7NO4. The van der Waals surface area contributed by atoms with Gasteiger partial charge in [-0.2, -0.15) is 0 Å². The molecular weight excluding hydrogens is 186 g/mol. The molecule has 1 aromatic heterocycles. The molecule has 0 spiro atoms. The van der Waals surface area contributed by atoms with Crippen molar-refractivity contribution < 1.29 is 19.2 Å². The zero-order valence-corrected chi connectivity index (χ0v) is 7.35. The number of ether oxygens (including phenoxy) is 1. The van der Waals surface area contributed by atoms with Crippen LogP contribution in [-0.4, -0.2) is 23.3 Å². The summed E-state index contributed by atoms with van der Waals surface area (Å²) in [6.07, 6.45) is 0. The summed E-state index contributed by atoms with van der Waals surface area (Å²) < 4.78 is 9.70. The standard InChI is InChI=1S/C9H7NO4/c1-13-9-6-4-2-3-5(8(11)12)7(6)10-14-9/h2-4H,1H3,(H,11,12). The Morgan fingerprint density at radius 2 is 2.36 bits per heavy atom. The lowest BCUT2D eigenvalue weighted by Crippen LogP contribution is -1.96. The van der Waals surface area contributed by atoms with E-state index in [0.29, 0.717) is 10.9 Å². The molecule has 0 amide bonds. The number of aromatic nitrogens is 1. The van der Waals surface area contributed by atoms with Gasteiger partial charge >= 0.3 is 11.9 Å². The number of nitrogens with zero attached hydrogens (tertiary/aromatic N) is 1. The SMILES string of the molecule is COc1onc2c(C(=O)O)cccc12. The fourth-order valence-electron chi connectivity index (χ4n) is 1.26. The first-order valence-electron chi connectivity index (χ1n) is 3.89. The molecule has 14 heavy (non-hydrogen) atoms. The van der Waals surface area contributed by atoms with Crippen molar-refractivity contribution >= 4 is 16.9 Å². The highest BCUT2D eigenvalue weighted by Crippen LogP contribution is 2.27. The van der Waals surface area contributed by atoms with E-state index in [1.807, 2.05) is 0 Å². The van der Waals surface area contributed by atoms with Crippen LogP contribution < -0.4 is 4.74 Å². The van der Waals surface area contributed by atoms with Crippen molar-refractivity contribution in [1.82, 2.24) is 5.16 Å². The molecule has 0 aliphatic rings. The molecule has 0 radical (unpaired) electrons. The van der Waals surface area contributed by atoms with Crippen molar-refractivity contribution in [3.05, 3.63) is 23.8 Å². The number of hydrogen-bond donors (Lipinski definition) is 1. The summed E-state index contributed by atoms with van der Waals surface area (Å²) in [6.45, 7) is 0. The zero-order valence-electron chi connectivity index (χ0n) is 7.35. The highest BCUT2D eigenvalue weighted by molar-refractivity contribution is 6.02. The van der Waals surface area contributed by atoms with Crippen LogP contribution in [0.5, 0.6) is 5.95 Å². The highest BCUT2D eigenvalue weighted by atomic mass is 16.6. The number of hydrogen-bond acceptors (Lipinski definition) is 4. The first-order valence-corrected chi connectivity index (χ1v) is 3.89. The van der Waals surface area contributed by atoms with E-state index in [0.717, 1.165) is 0 Å². The number of carboxylic acids is 1. The Hall–Kier alpha value is -2.04. The number of carboxylic acid groups (broad SMARTS) is 1. The molecule has 0 saturated heterocycles. The van der Waals surface area contributed by atoms with Crippen LogP contribution in [0, 0.1) is 0 Å². The van der Waals surface area contributed by atoms with E-state index in [-0.39, 0.29) is 11.5 Å². The summed E-state index contributed by atoms with van der Waals surface area (Å²) in [7, 11) is 1.44. The maximum absolute atomic E-state index is 10.8. The molecule has 1 N–H and O–H groups in total. The average Bonchev–Trinajstić information content (AvgIpc) is 2.59. The zero-order chi connectivity index (χ0) is 10.1. The first kappa shape index (κ1) is 8.55. The van der Waals surface area contributed by atoms with Gasteiger partial charge in [-0.15, -0.1) is 0 Å². The van der Waals surface area contributed by atoms with Crippen LogP contribution >= 0.6 is 0 Å². The van der Waals surface area contributed by atoms with Crippen molar-refractivity contribution in [2.45, 2.75) is 0 Å². The molecule has 0 bridgehead atoms. The van der Waals surface area contributed by atoms with Crippen LogP contribution in [0.15, 0.2) is 22.7 Å². The van der Waals surface area contributed by atoms with E-state index in [9.17, 15) is 4.79 Å². The third-order valence-electron chi connectivity index (χ3n) is 1.89. The molecule has 0 fully saturated rings. The van der Waals surface area contributed by atoms with Gasteiger partial charge in [-0.3, -0.25) is 0 Å². The van der Waals surface area contributed by atoms with Crippen LogP contribution in [0.1, 0.15) is 10.4 Å². The summed E-state index contributed by atoms with van der Waals surface area (Å²) in [4.78, 5) is 10.8. The van der Waals surface area contributed by atoms with Crippen LogP contribution in [0.3, 0.4) is 0 Å². The van der Waals surface area contributed by atoms with Crippen LogP contribution in [0.2, 0.25) is 0 Å². The number of rotatable bonds is 2. The largest absolute Gasteiger partial charge is 0.478 e. The Morgan fingerprint density at radius 1 is 1.57 bits per heavy atom. The molecule has 5 heteroatoms. The lowest BCUT2D eigenvalue weighted by Gasteiger charge is -1.94. The molecule has 0 saturated carbocycles. The number of fused-ring (bicyclic) bond motifs is 1. The van der Waals surface area contributed by atoms with Gasteiger partial charge in [0.15, 0.2) is 0 Å². The average molecular weight is 193 g/mol. The fourth-order valence-corrected chi connectivity index (χ4v) is 1.26. The quantitative estimate of drug-likeness (QED) is 0.782. The minimum atomic E-state index is -1.04. The van der Waals surface area contributed by atoms with Crippen molar-refractivity contribution in [2.24, 2.45) is 0 Å².